The van der Waals surface area contributed by atoms with Crippen molar-refractivity contribution in [2.24, 2.45) is 5.92 Å². The molecule has 1 aromatic carbocycles. The van der Waals surface area contributed by atoms with Gasteiger partial charge in [-0.15, -0.1) is 0 Å². The minimum Gasteiger partial charge on any atom is -0.423 e. The van der Waals surface area contributed by atoms with Crippen LogP contribution in [0.3, 0.4) is 0 Å². The van der Waals surface area contributed by atoms with Crippen molar-refractivity contribution in [2.45, 2.75) is 38.0 Å². The van der Waals surface area contributed by atoms with Gasteiger partial charge in [0.05, 0.1) is 0 Å². The molecular formula is C19H21N3O. The molecule has 3 atom stereocenters. The fourth-order valence-corrected chi connectivity index (χ4v) is 3.68. The topological polar surface area (TPSA) is 53.1 Å². The molecule has 4 rings (SSSR count). The van der Waals surface area contributed by atoms with Crippen molar-refractivity contribution in [3.63, 3.8) is 0 Å². The molecule has 2 heterocycles. The maximum absolute atomic E-state index is 9.41. The molecular weight excluding hydrogens is 286 g/mol. The Morgan fingerprint density at radius 1 is 1.26 bits per heavy atom. The Bertz CT molecular complexity index is 731. The number of benzene rings is 1. The van der Waals surface area contributed by atoms with Crippen LogP contribution in [0.25, 0.3) is 0 Å². The lowest BCUT2D eigenvalue weighted by Crippen LogP contribution is -2.34. The minimum absolute atomic E-state index is 0.320. The third-order valence-electron chi connectivity index (χ3n) is 5.01. The summed E-state index contributed by atoms with van der Waals surface area (Å²) >= 11 is 0. The van der Waals surface area contributed by atoms with E-state index in [1.807, 2.05) is 6.07 Å². The molecule has 1 saturated carbocycles. The fourth-order valence-electron chi connectivity index (χ4n) is 3.68. The number of nitrogens with zero attached hydrogens (tertiary/aromatic N) is 3. The van der Waals surface area contributed by atoms with E-state index in [2.05, 4.69) is 47.1 Å². The van der Waals surface area contributed by atoms with E-state index in [-0.39, 0.29) is 0 Å². The van der Waals surface area contributed by atoms with Gasteiger partial charge >= 0.3 is 0 Å². The first-order chi connectivity index (χ1) is 11.3. The van der Waals surface area contributed by atoms with Gasteiger partial charge in [0.2, 0.25) is 17.5 Å². The van der Waals surface area contributed by atoms with Crippen LogP contribution in [-0.4, -0.2) is 18.1 Å². The molecule has 4 heteroatoms. The first-order valence-corrected chi connectivity index (χ1v) is 8.47. The van der Waals surface area contributed by atoms with Crippen LogP contribution in [0.2, 0.25) is 0 Å². The maximum Gasteiger partial charge on any atom is 0.234 e. The summed E-state index contributed by atoms with van der Waals surface area (Å²) in [6.07, 6.45) is 3.46. The Kier molecular flexibility index (Phi) is 3.57. The third-order valence-corrected chi connectivity index (χ3v) is 5.01. The highest BCUT2D eigenvalue weighted by Gasteiger charge is 2.44. The fraction of sp³-hybridized carbons (Fsp3) is 0.474. The van der Waals surface area contributed by atoms with Crippen LogP contribution in [-0.2, 0) is 0 Å². The quantitative estimate of drug-likeness (QED) is 0.858. The zero-order valence-electron chi connectivity index (χ0n) is 13.4. The molecule has 0 bridgehead atoms. The van der Waals surface area contributed by atoms with Crippen molar-refractivity contribution in [3.05, 3.63) is 47.5 Å². The Hall–Kier alpha value is -2.28. The van der Waals surface area contributed by atoms with E-state index in [9.17, 15) is 5.26 Å². The van der Waals surface area contributed by atoms with Crippen molar-refractivity contribution in [1.29, 1.82) is 5.26 Å². The van der Waals surface area contributed by atoms with Crippen LogP contribution < -0.4 is 4.90 Å². The van der Waals surface area contributed by atoms with E-state index >= 15 is 0 Å². The molecule has 118 valence electrons. The van der Waals surface area contributed by atoms with Gasteiger partial charge in [-0.1, -0.05) is 37.3 Å². The smallest absolute Gasteiger partial charge is 0.234 e. The number of nitriles is 1. The predicted molar refractivity (Wildman–Crippen MR) is 88.4 cm³/mol. The Labute approximate surface area is 136 Å². The largest absolute Gasteiger partial charge is 0.423 e. The third kappa shape index (κ3) is 2.72. The summed E-state index contributed by atoms with van der Waals surface area (Å²) in [4.78, 5) is 6.69. The van der Waals surface area contributed by atoms with Gasteiger partial charge < -0.3 is 9.32 Å². The Balaban J connectivity index is 1.56. The summed E-state index contributed by atoms with van der Waals surface area (Å²) in [5, 5.41) is 9.41. The second-order valence-electron chi connectivity index (χ2n) is 6.87. The molecule has 0 N–H and O–H groups in total. The van der Waals surface area contributed by atoms with E-state index in [1.54, 1.807) is 0 Å². The van der Waals surface area contributed by atoms with Gasteiger partial charge in [-0.05, 0) is 36.7 Å². The zero-order chi connectivity index (χ0) is 15.8. The van der Waals surface area contributed by atoms with Crippen molar-refractivity contribution >= 4 is 5.88 Å². The first kappa shape index (κ1) is 14.3. The number of anilines is 1. The van der Waals surface area contributed by atoms with Crippen LogP contribution >= 0.6 is 0 Å². The van der Waals surface area contributed by atoms with E-state index in [0.717, 1.165) is 31.8 Å². The lowest BCUT2D eigenvalue weighted by atomic mass is 10.0. The van der Waals surface area contributed by atoms with Crippen LogP contribution in [0, 0.1) is 17.2 Å². The molecule has 2 aliphatic rings. The standard InChI is InChI=1S/C19H21N3O/c1-13-6-5-9-22(12-13)19-17(11-20)21-18(23-19)16-10-15(16)14-7-3-2-4-8-14/h2-4,7-8,13,15-16H,5-6,9-10,12H2,1H3/t13-,15+,16+/m0/s1. The Morgan fingerprint density at radius 2 is 2.09 bits per heavy atom. The van der Waals surface area contributed by atoms with Crippen molar-refractivity contribution in [2.75, 3.05) is 18.0 Å². The summed E-state index contributed by atoms with van der Waals surface area (Å²) < 4.78 is 6.06. The van der Waals surface area contributed by atoms with E-state index in [4.69, 9.17) is 4.42 Å². The van der Waals surface area contributed by atoms with Gasteiger partial charge in [-0.3, -0.25) is 0 Å². The lowest BCUT2D eigenvalue weighted by molar-refractivity contribution is 0.410. The van der Waals surface area contributed by atoms with Gasteiger partial charge in [-0.2, -0.15) is 5.26 Å². The Morgan fingerprint density at radius 3 is 2.83 bits per heavy atom. The minimum atomic E-state index is 0.320. The van der Waals surface area contributed by atoms with Crippen molar-refractivity contribution < 1.29 is 4.42 Å². The van der Waals surface area contributed by atoms with E-state index in [1.165, 1.54) is 12.0 Å². The highest BCUT2D eigenvalue weighted by molar-refractivity contribution is 5.49. The van der Waals surface area contributed by atoms with Crippen molar-refractivity contribution in [3.8, 4) is 6.07 Å². The van der Waals surface area contributed by atoms with Gasteiger partial charge in [0.15, 0.2) is 0 Å². The van der Waals surface area contributed by atoms with Crippen LogP contribution in [0.1, 0.15) is 55.2 Å². The summed E-state index contributed by atoms with van der Waals surface area (Å²) in [5.41, 5.74) is 1.79. The zero-order valence-corrected chi connectivity index (χ0v) is 13.4. The summed E-state index contributed by atoms with van der Waals surface area (Å²) in [5.74, 6) is 2.87. The number of piperidine rings is 1. The second-order valence-corrected chi connectivity index (χ2v) is 6.87. The van der Waals surface area contributed by atoms with Crippen LogP contribution in [0.4, 0.5) is 5.88 Å². The van der Waals surface area contributed by atoms with E-state index in [0.29, 0.717) is 29.3 Å². The molecule has 0 amide bonds. The molecule has 23 heavy (non-hydrogen) atoms. The van der Waals surface area contributed by atoms with E-state index < -0.39 is 0 Å². The molecule has 1 aliphatic carbocycles. The van der Waals surface area contributed by atoms with Gasteiger partial charge in [-0.25, -0.2) is 4.98 Å². The number of hydrogen-bond acceptors (Lipinski definition) is 4. The lowest BCUT2D eigenvalue weighted by Gasteiger charge is -2.30. The molecule has 0 unspecified atom stereocenters. The molecule has 1 aliphatic heterocycles. The van der Waals surface area contributed by atoms with Gasteiger partial charge in [0.1, 0.15) is 6.07 Å². The monoisotopic (exact) mass is 307 g/mol. The summed E-state index contributed by atoms with van der Waals surface area (Å²) in [6.45, 7) is 4.17. The van der Waals surface area contributed by atoms with Crippen LogP contribution in [0.15, 0.2) is 34.7 Å². The normalized spacial score (nSPS) is 26.8. The molecule has 1 saturated heterocycles. The SMILES string of the molecule is C[C@H]1CCCN(c2oc([C@@H]3C[C@@H]3c3ccccc3)nc2C#N)C1. The number of oxazole rings is 1. The highest BCUT2D eigenvalue weighted by atomic mass is 16.4. The molecule has 1 aromatic heterocycles. The number of aromatic nitrogens is 1. The average molecular weight is 307 g/mol. The molecule has 0 radical (unpaired) electrons. The maximum atomic E-state index is 9.41. The summed E-state index contributed by atoms with van der Waals surface area (Å²) in [7, 11) is 0. The molecule has 2 aromatic rings. The highest BCUT2D eigenvalue weighted by Crippen LogP contribution is 2.54. The first-order valence-electron chi connectivity index (χ1n) is 8.47. The van der Waals surface area contributed by atoms with Gasteiger partial charge in [0, 0.05) is 19.0 Å². The predicted octanol–water partition coefficient (Wildman–Crippen LogP) is 4.05. The molecule has 0 spiro atoms. The molecule has 2 fully saturated rings. The number of hydrogen-bond donors (Lipinski definition) is 0. The van der Waals surface area contributed by atoms with Crippen LogP contribution in [0.5, 0.6) is 0 Å². The number of rotatable bonds is 3. The molecule has 4 nitrogen and oxygen atoms in total. The summed E-state index contributed by atoms with van der Waals surface area (Å²) in [6, 6.07) is 12.7. The second kappa shape index (κ2) is 5.73. The van der Waals surface area contributed by atoms with Crippen molar-refractivity contribution in [1.82, 2.24) is 4.98 Å². The van der Waals surface area contributed by atoms with Gasteiger partial charge in [0.25, 0.3) is 0 Å². The average Bonchev–Trinajstić information content (AvgIpc) is 3.27.